The van der Waals surface area contributed by atoms with Gasteiger partial charge in [0.15, 0.2) is 0 Å². The van der Waals surface area contributed by atoms with Gasteiger partial charge in [0, 0.05) is 25.6 Å². The highest BCUT2D eigenvalue weighted by Gasteiger charge is 2.62. The molecule has 0 aromatic heterocycles. The van der Waals surface area contributed by atoms with Crippen molar-refractivity contribution in [2.24, 2.45) is 29.1 Å². The number of fused-ring (bicyclic) bond motifs is 1. The van der Waals surface area contributed by atoms with Crippen molar-refractivity contribution < 1.29 is 9.59 Å². The van der Waals surface area contributed by atoms with Crippen LogP contribution >= 0.6 is 0 Å². The Kier molecular flexibility index (Phi) is 3.16. The molecule has 132 valence electrons. The lowest BCUT2D eigenvalue weighted by Gasteiger charge is -2.61. The molecule has 1 N–H and O–H groups in total. The van der Waals surface area contributed by atoms with Gasteiger partial charge in [0.1, 0.15) is 0 Å². The Balaban J connectivity index is 1.40. The SMILES string of the molecule is CC(=O)NC12C[C@H]3C[C@@H](C1)CC(C(=O)N1C[C@H]4CCC[C@H]4C1)(C3)C2. The van der Waals surface area contributed by atoms with Crippen LogP contribution < -0.4 is 5.32 Å². The maximum Gasteiger partial charge on any atom is 0.228 e. The zero-order valence-electron chi connectivity index (χ0n) is 14.9. The second-order valence-electron chi connectivity index (χ2n) is 9.86. The van der Waals surface area contributed by atoms with E-state index < -0.39 is 0 Å². The van der Waals surface area contributed by atoms with Crippen LogP contribution in [0.1, 0.15) is 64.7 Å². The van der Waals surface area contributed by atoms with E-state index in [1.54, 1.807) is 6.92 Å². The summed E-state index contributed by atoms with van der Waals surface area (Å²) in [5.41, 5.74) is -0.244. The molecule has 5 saturated carbocycles. The number of carbonyl (C=O) groups excluding carboxylic acids is 2. The van der Waals surface area contributed by atoms with Crippen molar-refractivity contribution in [2.45, 2.75) is 70.3 Å². The molecule has 0 spiro atoms. The molecule has 1 aliphatic heterocycles. The van der Waals surface area contributed by atoms with Crippen LogP contribution in [0, 0.1) is 29.1 Å². The lowest BCUT2D eigenvalue weighted by molar-refractivity contribution is -0.162. The van der Waals surface area contributed by atoms with Crippen molar-refractivity contribution >= 4 is 11.8 Å². The molecule has 6 aliphatic rings. The molecule has 2 amide bonds. The molecular weight excluding hydrogens is 300 g/mol. The minimum Gasteiger partial charge on any atom is -0.351 e. The average Bonchev–Trinajstić information content (AvgIpc) is 3.04. The predicted octanol–water partition coefficient (Wildman–Crippen LogP) is 2.72. The standard InChI is InChI=1S/C20H30N2O2/c1-13(23)21-20-8-14-5-15(9-20)7-19(6-14,12-20)18(24)22-10-16-3-2-4-17(16)11-22/h14-17H,2-12H2,1H3,(H,21,23)/t14-,15+,16-,17+,19?,20?. The fraction of sp³-hybridized carbons (Fsp3) is 0.900. The average molecular weight is 330 g/mol. The zero-order valence-corrected chi connectivity index (χ0v) is 14.9. The Bertz CT molecular complexity index is 560. The smallest absolute Gasteiger partial charge is 0.228 e. The summed E-state index contributed by atoms with van der Waals surface area (Å²) in [5.74, 6) is 3.35. The van der Waals surface area contributed by atoms with E-state index in [4.69, 9.17) is 0 Å². The number of amides is 2. The van der Waals surface area contributed by atoms with Crippen molar-refractivity contribution in [3.63, 3.8) is 0 Å². The topological polar surface area (TPSA) is 49.4 Å². The molecule has 1 saturated heterocycles. The molecule has 0 radical (unpaired) electrons. The molecule has 0 aromatic rings. The van der Waals surface area contributed by atoms with E-state index in [-0.39, 0.29) is 16.9 Å². The van der Waals surface area contributed by atoms with Gasteiger partial charge in [-0.05, 0) is 75.0 Å². The first-order chi connectivity index (χ1) is 11.5. The summed E-state index contributed by atoms with van der Waals surface area (Å²) < 4.78 is 0. The molecular formula is C20H30N2O2. The lowest BCUT2D eigenvalue weighted by atomic mass is 9.46. The summed E-state index contributed by atoms with van der Waals surface area (Å²) in [6.45, 7) is 3.65. The van der Waals surface area contributed by atoms with E-state index in [0.29, 0.717) is 17.7 Å². The van der Waals surface area contributed by atoms with Gasteiger partial charge >= 0.3 is 0 Å². The molecule has 0 aromatic carbocycles. The van der Waals surface area contributed by atoms with Gasteiger partial charge in [0.25, 0.3) is 0 Å². The Morgan fingerprint density at radius 1 is 1.00 bits per heavy atom. The highest BCUT2D eigenvalue weighted by atomic mass is 16.2. The molecule has 2 unspecified atom stereocenters. The summed E-state index contributed by atoms with van der Waals surface area (Å²) in [5, 5.41) is 3.29. The maximum absolute atomic E-state index is 13.6. The predicted molar refractivity (Wildman–Crippen MR) is 91.1 cm³/mol. The van der Waals surface area contributed by atoms with Crippen molar-refractivity contribution in [3.05, 3.63) is 0 Å². The molecule has 6 atom stereocenters. The number of nitrogens with one attached hydrogen (secondary N) is 1. The molecule has 5 aliphatic carbocycles. The zero-order chi connectivity index (χ0) is 16.5. The number of likely N-dealkylation sites (tertiary alicyclic amines) is 1. The van der Waals surface area contributed by atoms with Crippen LogP contribution in [0.2, 0.25) is 0 Å². The maximum atomic E-state index is 13.6. The van der Waals surface area contributed by atoms with Crippen molar-refractivity contribution in [1.29, 1.82) is 0 Å². The van der Waals surface area contributed by atoms with Crippen LogP contribution in [0.25, 0.3) is 0 Å². The van der Waals surface area contributed by atoms with Crippen LogP contribution in [0.15, 0.2) is 0 Å². The fourth-order valence-corrected chi connectivity index (χ4v) is 7.77. The largest absolute Gasteiger partial charge is 0.351 e. The number of nitrogens with zero attached hydrogens (tertiary/aromatic N) is 1. The Labute approximate surface area is 144 Å². The van der Waals surface area contributed by atoms with Gasteiger partial charge in [0.2, 0.25) is 11.8 Å². The van der Waals surface area contributed by atoms with Gasteiger partial charge in [-0.25, -0.2) is 0 Å². The highest BCUT2D eigenvalue weighted by Crippen LogP contribution is 2.62. The van der Waals surface area contributed by atoms with Crippen LogP contribution in [0.5, 0.6) is 0 Å². The third-order valence-corrected chi connectivity index (χ3v) is 7.97. The van der Waals surface area contributed by atoms with Crippen molar-refractivity contribution in [3.8, 4) is 0 Å². The number of hydrogen-bond acceptors (Lipinski definition) is 2. The Hall–Kier alpha value is -1.06. The van der Waals surface area contributed by atoms with Crippen molar-refractivity contribution in [2.75, 3.05) is 13.1 Å². The van der Waals surface area contributed by atoms with Gasteiger partial charge in [-0.3, -0.25) is 9.59 Å². The van der Waals surface area contributed by atoms with E-state index in [1.807, 2.05) is 0 Å². The van der Waals surface area contributed by atoms with Crippen LogP contribution in [0.4, 0.5) is 0 Å². The third kappa shape index (κ3) is 2.17. The molecule has 4 nitrogen and oxygen atoms in total. The van der Waals surface area contributed by atoms with Gasteiger partial charge in [-0.1, -0.05) is 6.42 Å². The summed E-state index contributed by atoms with van der Waals surface area (Å²) in [6, 6.07) is 0. The number of carbonyl (C=O) groups is 2. The van der Waals surface area contributed by atoms with Gasteiger partial charge in [-0.2, -0.15) is 0 Å². The summed E-state index contributed by atoms with van der Waals surface area (Å²) in [6.07, 6.45) is 10.5. The second kappa shape index (κ2) is 4.98. The number of rotatable bonds is 2. The lowest BCUT2D eigenvalue weighted by Crippen LogP contribution is -2.65. The first kappa shape index (κ1) is 15.2. The van der Waals surface area contributed by atoms with Crippen LogP contribution in [-0.4, -0.2) is 35.3 Å². The quantitative estimate of drug-likeness (QED) is 0.846. The molecule has 4 heteroatoms. The van der Waals surface area contributed by atoms with E-state index in [2.05, 4.69) is 10.2 Å². The monoisotopic (exact) mass is 330 g/mol. The van der Waals surface area contributed by atoms with E-state index in [0.717, 1.165) is 57.0 Å². The first-order valence-corrected chi connectivity index (χ1v) is 10.1. The highest BCUT2D eigenvalue weighted by molar-refractivity contribution is 5.84. The normalized spacial score (nSPS) is 48.6. The van der Waals surface area contributed by atoms with Crippen LogP contribution in [-0.2, 0) is 9.59 Å². The van der Waals surface area contributed by atoms with E-state index in [1.165, 1.54) is 25.7 Å². The summed E-state index contributed by atoms with van der Waals surface area (Å²) in [7, 11) is 0. The molecule has 6 fully saturated rings. The second-order valence-corrected chi connectivity index (χ2v) is 9.86. The summed E-state index contributed by atoms with van der Waals surface area (Å²) >= 11 is 0. The molecule has 6 rings (SSSR count). The van der Waals surface area contributed by atoms with Crippen molar-refractivity contribution in [1.82, 2.24) is 10.2 Å². The minimum atomic E-state index is -0.162. The van der Waals surface area contributed by atoms with Gasteiger partial charge in [-0.15, -0.1) is 0 Å². The van der Waals surface area contributed by atoms with E-state index in [9.17, 15) is 9.59 Å². The van der Waals surface area contributed by atoms with E-state index >= 15 is 0 Å². The Morgan fingerprint density at radius 2 is 1.62 bits per heavy atom. The first-order valence-electron chi connectivity index (χ1n) is 10.1. The molecule has 1 heterocycles. The van der Waals surface area contributed by atoms with Crippen LogP contribution in [0.3, 0.4) is 0 Å². The third-order valence-electron chi connectivity index (χ3n) is 7.97. The van der Waals surface area contributed by atoms with Gasteiger partial charge < -0.3 is 10.2 Å². The molecule has 4 bridgehead atoms. The number of hydrogen-bond donors (Lipinski definition) is 1. The minimum absolute atomic E-state index is 0.0789. The fourth-order valence-electron chi connectivity index (χ4n) is 7.77. The van der Waals surface area contributed by atoms with Gasteiger partial charge in [0.05, 0.1) is 5.41 Å². The summed E-state index contributed by atoms with van der Waals surface area (Å²) in [4.78, 5) is 27.6. The Morgan fingerprint density at radius 3 is 2.21 bits per heavy atom. The molecule has 24 heavy (non-hydrogen) atoms.